The van der Waals surface area contributed by atoms with Crippen LogP contribution in [-0.2, 0) is 27.8 Å². The number of hydrogen-bond donors (Lipinski definition) is 1. The molecule has 38 heavy (non-hydrogen) atoms. The lowest BCUT2D eigenvalue weighted by Gasteiger charge is -2.33. The van der Waals surface area contributed by atoms with Crippen molar-refractivity contribution in [2.45, 2.75) is 13.0 Å². The van der Waals surface area contributed by atoms with Gasteiger partial charge in [-0.25, -0.2) is 12.8 Å². The second-order valence-corrected chi connectivity index (χ2v) is 11.1. The molecule has 0 aromatic heterocycles. The summed E-state index contributed by atoms with van der Waals surface area (Å²) in [7, 11) is -4.28. The summed E-state index contributed by atoms with van der Waals surface area (Å²) in [6.07, 6.45) is 0.413. The van der Waals surface area contributed by atoms with E-state index in [2.05, 4.69) is 5.32 Å². The topological polar surface area (TPSA) is 66.5 Å². The highest BCUT2D eigenvalue weighted by atomic mass is 35.5. The minimum atomic E-state index is -4.28. The first-order chi connectivity index (χ1) is 18.3. The van der Waals surface area contributed by atoms with Crippen molar-refractivity contribution >= 4 is 38.8 Å². The summed E-state index contributed by atoms with van der Waals surface area (Å²) < 4.78 is 42.9. The molecule has 8 heteroatoms. The summed E-state index contributed by atoms with van der Waals surface area (Å²) in [5, 5.41) is 3.19. The maximum Gasteiger partial charge on any atom is 0.270 e. The first-order valence-corrected chi connectivity index (χ1v) is 13.9. The lowest BCUT2D eigenvalue weighted by Crippen LogP contribution is -2.41. The lowest BCUT2D eigenvalue weighted by molar-refractivity contribution is -0.116. The van der Waals surface area contributed by atoms with Gasteiger partial charge < -0.3 is 5.32 Å². The normalized spacial score (nSPS) is 14.2. The average molecular weight is 547 g/mol. The Morgan fingerprint density at radius 1 is 0.842 bits per heavy atom. The van der Waals surface area contributed by atoms with E-state index < -0.39 is 15.9 Å². The van der Waals surface area contributed by atoms with Gasteiger partial charge in [-0.1, -0.05) is 84.4 Å². The minimum Gasteiger partial charge on any atom is -0.351 e. The second kappa shape index (κ2) is 10.8. The van der Waals surface area contributed by atoms with Crippen LogP contribution in [0.3, 0.4) is 0 Å². The Hall–Kier alpha value is -3.94. The Kier molecular flexibility index (Phi) is 7.31. The number of hydrogen-bond acceptors (Lipinski definition) is 3. The second-order valence-electron chi connectivity index (χ2n) is 8.86. The van der Waals surface area contributed by atoms with Crippen LogP contribution in [0.4, 0.5) is 10.1 Å². The van der Waals surface area contributed by atoms with Crippen molar-refractivity contribution in [3.8, 4) is 0 Å². The molecule has 5 rings (SSSR count). The van der Waals surface area contributed by atoms with Crippen LogP contribution in [-0.4, -0.2) is 20.9 Å². The molecule has 0 spiro atoms. The van der Waals surface area contributed by atoms with E-state index in [0.29, 0.717) is 33.8 Å². The molecule has 0 saturated heterocycles. The number of fused-ring (bicyclic) bond motifs is 1. The predicted molar refractivity (Wildman–Crippen MR) is 149 cm³/mol. The number of benzene rings is 4. The molecule has 0 atom stereocenters. The van der Waals surface area contributed by atoms with Crippen molar-refractivity contribution < 1.29 is 17.6 Å². The van der Waals surface area contributed by atoms with E-state index in [9.17, 15) is 17.6 Å². The van der Waals surface area contributed by atoms with E-state index in [1.54, 1.807) is 54.6 Å². The molecule has 1 aliphatic heterocycles. The number of rotatable bonds is 7. The summed E-state index contributed by atoms with van der Waals surface area (Å²) in [5.41, 5.74) is 3.47. The summed E-state index contributed by atoms with van der Waals surface area (Å²) in [6, 6.07) is 29.1. The fraction of sp³-hybridized carbons (Fsp3) is 0.100. The van der Waals surface area contributed by atoms with Gasteiger partial charge in [0.15, 0.2) is 4.91 Å². The lowest BCUT2D eigenvalue weighted by atomic mass is 9.95. The first-order valence-electron chi connectivity index (χ1n) is 12.0. The number of anilines is 1. The Balaban J connectivity index is 1.61. The Labute approximate surface area is 226 Å². The van der Waals surface area contributed by atoms with Gasteiger partial charge in [-0.3, -0.25) is 9.10 Å². The van der Waals surface area contributed by atoms with Crippen LogP contribution in [0.15, 0.2) is 108 Å². The third-order valence-electron chi connectivity index (χ3n) is 6.32. The van der Waals surface area contributed by atoms with Crippen molar-refractivity contribution in [3.63, 3.8) is 0 Å². The van der Waals surface area contributed by atoms with Crippen molar-refractivity contribution in [3.05, 3.63) is 141 Å². The Bertz CT molecular complexity index is 1610. The van der Waals surface area contributed by atoms with Crippen molar-refractivity contribution in [2.75, 3.05) is 10.8 Å². The zero-order valence-corrected chi connectivity index (χ0v) is 21.8. The molecule has 1 aliphatic rings. The van der Waals surface area contributed by atoms with Gasteiger partial charge in [0, 0.05) is 22.7 Å². The molecular weight excluding hydrogens is 523 g/mol. The number of sulfonamides is 1. The van der Waals surface area contributed by atoms with Crippen molar-refractivity contribution in [2.24, 2.45) is 0 Å². The van der Waals surface area contributed by atoms with Crippen LogP contribution in [0.1, 0.15) is 22.3 Å². The van der Waals surface area contributed by atoms with E-state index >= 15 is 0 Å². The number of amides is 1. The van der Waals surface area contributed by atoms with Gasteiger partial charge in [0.1, 0.15) is 5.82 Å². The van der Waals surface area contributed by atoms with Crippen molar-refractivity contribution in [1.29, 1.82) is 0 Å². The number of nitrogens with one attached hydrogen (secondary N) is 1. The molecule has 4 aromatic rings. The highest BCUT2D eigenvalue weighted by Crippen LogP contribution is 2.44. The van der Waals surface area contributed by atoms with Crippen LogP contribution in [0.5, 0.6) is 0 Å². The summed E-state index contributed by atoms with van der Waals surface area (Å²) in [5.74, 6) is -1.06. The van der Waals surface area contributed by atoms with Gasteiger partial charge >= 0.3 is 0 Å². The van der Waals surface area contributed by atoms with E-state index in [0.717, 1.165) is 11.1 Å². The third-order valence-corrected chi connectivity index (χ3v) is 8.37. The van der Waals surface area contributed by atoms with Gasteiger partial charge in [-0.05, 0) is 53.4 Å². The smallest absolute Gasteiger partial charge is 0.270 e. The largest absolute Gasteiger partial charge is 0.351 e. The maximum absolute atomic E-state index is 14.2. The first kappa shape index (κ1) is 25.7. The summed E-state index contributed by atoms with van der Waals surface area (Å²) in [4.78, 5) is 13.3. The molecule has 5 nitrogen and oxygen atoms in total. The molecule has 0 radical (unpaired) electrons. The predicted octanol–water partition coefficient (Wildman–Crippen LogP) is 5.95. The molecule has 192 valence electrons. The number of carbonyl (C=O) groups is 1. The van der Waals surface area contributed by atoms with Crippen LogP contribution >= 0.6 is 11.6 Å². The van der Waals surface area contributed by atoms with E-state index in [4.69, 9.17) is 11.6 Å². The monoisotopic (exact) mass is 546 g/mol. The molecule has 0 bridgehead atoms. The van der Waals surface area contributed by atoms with Crippen LogP contribution in [0.25, 0.3) is 5.57 Å². The fourth-order valence-electron chi connectivity index (χ4n) is 4.51. The zero-order chi connectivity index (χ0) is 26.7. The number of halogens is 2. The van der Waals surface area contributed by atoms with Crippen LogP contribution in [0.2, 0.25) is 5.02 Å². The summed E-state index contributed by atoms with van der Waals surface area (Å²) >= 11 is 6.38. The molecule has 1 heterocycles. The minimum absolute atomic E-state index is 0.0479. The van der Waals surface area contributed by atoms with Crippen LogP contribution in [0, 0.1) is 5.82 Å². The molecule has 0 fully saturated rings. The number of nitrogens with zero attached hydrogens (tertiary/aromatic N) is 1. The molecule has 0 unspecified atom stereocenters. The Morgan fingerprint density at radius 2 is 1.50 bits per heavy atom. The van der Waals surface area contributed by atoms with Gasteiger partial charge in [-0.15, -0.1) is 0 Å². The molecule has 1 amide bonds. The molecule has 0 aliphatic carbocycles. The molecular formula is C30H24ClFN2O3S. The van der Waals surface area contributed by atoms with Crippen LogP contribution < -0.4 is 9.62 Å². The number of carbonyl (C=O) groups excluding carboxylic acids is 1. The SMILES string of the molecule is O=C(NCCc1ccc(F)cc1)C1=C(c2ccccc2)c2cc(Cl)ccc2N(Cc2ccccc2)S1(=O)=O. The highest BCUT2D eigenvalue weighted by molar-refractivity contribution is 7.97. The zero-order valence-electron chi connectivity index (χ0n) is 20.3. The van der Waals surface area contributed by atoms with Gasteiger partial charge in [0.25, 0.3) is 15.9 Å². The summed E-state index contributed by atoms with van der Waals surface area (Å²) in [6.45, 7) is 0.221. The quantitative estimate of drug-likeness (QED) is 0.311. The average Bonchev–Trinajstić information content (AvgIpc) is 2.92. The van der Waals surface area contributed by atoms with Gasteiger partial charge in [0.2, 0.25) is 0 Å². The van der Waals surface area contributed by atoms with Gasteiger partial charge in [0.05, 0.1) is 12.2 Å². The highest BCUT2D eigenvalue weighted by Gasteiger charge is 2.41. The maximum atomic E-state index is 14.2. The standard InChI is InChI=1S/C30H24ClFN2O3S/c31-24-13-16-27-26(19-24)28(23-9-5-2-6-10-23)29(30(35)33-18-17-21-11-14-25(32)15-12-21)38(36,37)34(27)20-22-7-3-1-4-8-22/h1-16,19H,17-18,20H2,(H,33,35). The van der Waals surface area contributed by atoms with Gasteiger partial charge in [-0.2, -0.15) is 0 Å². The van der Waals surface area contributed by atoms with Crippen molar-refractivity contribution in [1.82, 2.24) is 5.32 Å². The third kappa shape index (κ3) is 5.21. The van der Waals surface area contributed by atoms with E-state index in [1.807, 2.05) is 36.4 Å². The molecule has 4 aromatic carbocycles. The van der Waals surface area contributed by atoms with E-state index in [1.165, 1.54) is 16.4 Å². The van der Waals surface area contributed by atoms with E-state index in [-0.39, 0.29) is 23.8 Å². The molecule has 0 saturated carbocycles. The fourth-order valence-corrected chi connectivity index (χ4v) is 6.43. The Morgan fingerprint density at radius 3 is 2.18 bits per heavy atom. The molecule has 1 N–H and O–H groups in total.